The molecular formula is C25H33ClFN5O4. The number of ketones is 1. The third-order valence-electron chi connectivity index (χ3n) is 6.76. The Labute approximate surface area is 215 Å². The first-order valence-corrected chi connectivity index (χ1v) is 12.0. The first-order valence-electron chi connectivity index (χ1n) is 12.0. The number of primary amides is 1. The number of carbonyl (C=O) groups is 3. The Morgan fingerprint density at radius 1 is 1.28 bits per heavy atom. The molecule has 2 aliphatic rings. The summed E-state index contributed by atoms with van der Waals surface area (Å²) < 4.78 is 22.3. The van der Waals surface area contributed by atoms with Crippen molar-refractivity contribution in [3.63, 3.8) is 0 Å². The minimum atomic E-state index is -0.918. The van der Waals surface area contributed by atoms with Gasteiger partial charge in [-0.05, 0) is 43.6 Å². The predicted octanol–water partition coefficient (Wildman–Crippen LogP) is 3.08. The highest BCUT2D eigenvalue weighted by Gasteiger charge is 2.37. The van der Waals surface area contributed by atoms with Gasteiger partial charge in [0.1, 0.15) is 11.9 Å². The smallest absolute Gasteiger partial charge is 0.320 e. The maximum atomic E-state index is 15.3. The average molecular weight is 522 g/mol. The van der Waals surface area contributed by atoms with E-state index in [2.05, 4.69) is 10.4 Å². The van der Waals surface area contributed by atoms with Gasteiger partial charge in [-0.2, -0.15) is 5.10 Å². The van der Waals surface area contributed by atoms with E-state index < -0.39 is 23.8 Å². The average Bonchev–Trinajstić information content (AvgIpc) is 3.36. The van der Waals surface area contributed by atoms with E-state index in [4.69, 9.17) is 16.2 Å². The Morgan fingerprint density at radius 3 is 2.64 bits per heavy atom. The monoisotopic (exact) mass is 521 g/mol. The molecule has 0 unspecified atom stereocenters. The number of amides is 1. The fourth-order valence-electron chi connectivity index (χ4n) is 5.22. The Hall–Kier alpha value is -2.98. The lowest BCUT2D eigenvalue weighted by atomic mass is 9.75. The zero-order valence-electron chi connectivity index (χ0n) is 20.7. The molecule has 5 N–H and O–H groups in total. The number of fused-ring (bicyclic) bond motifs is 1. The Kier molecular flexibility index (Phi) is 8.10. The van der Waals surface area contributed by atoms with Crippen LogP contribution in [0.4, 0.5) is 10.1 Å². The molecule has 0 saturated heterocycles. The van der Waals surface area contributed by atoms with Crippen LogP contribution in [0.5, 0.6) is 0 Å². The summed E-state index contributed by atoms with van der Waals surface area (Å²) in [5.74, 6) is -2.21. The number of hydrogen-bond acceptors (Lipinski definition) is 7. The summed E-state index contributed by atoms with van der Waals surface area (Å²) in [7, 11) is 0. The van der Waals surface area contributed by atoms with Gasteiger partial charge in [-0.3, -0.25) is 14.4 Å². The van der Waals surface area contributed by atoms with Gasteiger partial charge in [-0.1, -0.05) is 20.8 Å². The van der Waals surface area contributed by atoms with Crippen LogP contribution in [0.1, 0.15) is 78.6 Å². The minimum Gasteiger partial charge on any atom is -0.459 e. The number of nitrogens with zero attached hydrogens (tertiary/aromatic N) is 2. The second-order valence-corrected chi connectivity index (χ2v) is 10.1. The van der Waals surface area contributed by atoms with Crippen LogP contribution < -0.4 is 16.8 Å². The van der Waals surface area contributed by atoms with Crippen molar-refractivity contribution in [3.8, 4) is 5.69 Å². The number of aryl methyl sites for hydroxylation is 1. The van der Waals surface area contributed by atoms with Crippen molar-refractivity contribution in [1.29, 1.82) is 0 Å². The summed E-state index contributed by atoms with van der Waals surface area (Å²) in [6, 6.07) is 2.49. The number of ether oxygens (including phenoxy) is 1. The molecule has 9 nitrogen and oxygen atoms in total. The van der Waals surface area contributed by atoms with Crippen LogP contribution in [-0.2, 0) is 22.4 Å². The van der Waals surface area contributed by atoms with Gasteiger partial charge in [-0.25, -0.2) is 9.07 Å². The lowest BCUT2D eigenvalue weighted by Gasteiger charge is -2.29. The van der Waals surface area contributed by atoms with Gasteiger partial charge in [-0.15, -0.1) is 12.4 Å². The number of aromatic nitrogens is 2. The van der Waals surface area contributed by atoms with Gasteiger partial charge in [0.2, 0.25) is 0 Å². The van der Waals surface area contributed by atoms with Crippen LogP contribution >= 0.6 is 12.4 Å². The third-order valence-corrected chi connectivity index (χ3v) is 6.76. The molecule has 0 radical (unpaired) electrons. The predicted molar refractivity (Wildman–Crippen MR) is 135 cm³/mol. The number of nitrogens with two attached hydrogens (primary N) is 2. The first kappa shape index (κ1) is 27.6. The van der Waals surface area contributed by atoms with Gasteiger partial charge >= 0.3 is 5.97 Å². The maximum Gasteiger partial charge on any atom is 0.320 e. The first-order chi connectivity index (χ1) is 16.5. The molecular weight excluding hydrogens is 489 g/mol. The normalized spacial score (nSPS) is 20.4. The Balaban J connectivity index is 0.00000361. The molecule has 0 bridgehead atoms. The molecule has 0 aliphatic heterocycles. The molecule has 2 atom stereocenters. The van der Waals surface area contributed by atoms with Crippen molar-refractivity contribution in [2.24, 2.45) is 16.9 Å². The van der Waals surface area contributed by atoms with Crippen molar-refractivity contribution in [3.05, 3.63) is 40.5 Å². The molecule has 1 amide bonds. The molecule has 36 heavy (non-hydrogen) atoms. The van der Waals surface area contributed by atoms with Crippen LogP contribution in [0.2, 0.25) is 0 Å². The molecule has 2 aliphatic carbocycles. The Bertz CT molecular complexity index is 1200. The number of Topliss-reactive ketones (excluding diaryl/α,β-unsaturated/α-hetero) is 1. The summed E-state index contributed by atoms with van der Waals surface area (Å²) in [6.07, 6.45) is 3.20. The summed E-state index contributed by atoms with van der Waals surface area (Å²) in [5, 5.41) is 7.83. The molecule has 1 fully saturated rings. The van der Waals surface area contributed by atoms with Gasteiger partial charge in [0, 0.05) is 12.5 Å². The van der Waals surface area contributed by atoms with Crippen LogP contribution in [0.3, 0.4) is 0 Å². The largest absolute Gasteiger partial charge is 0.459 e. The summed E-state index contributed by atoms with van der Waals surface area (Å²) in [5.41, 5.74) is 12.9. The summed E-state index contributed by atoms with van der Waals surface area (Å²) in [4.78, 5) is 36.8. The van der Waals surface area contributed by atoms with Crippen molar-refractivity contribution < 1.29 is 23.5 Å². The second-order valence-electron chi connectivity index (χ2n) is 10.1. The minimum absolute atomic E-state index is 0. The fraction of sp³-hybridized carbons (Fsp3) is 0.520. The van der Waals surface area contributed by atoms with Crippen molar-refractivity contribution in [1.82, 2.24) is 9.78 Å². The number of hydrogen-bond donors (Lipinski definition) is 3. The second kappa shape index (κ2) is 10.6. The van der Waals surface area contributed by atoms with Gasteiger partial charge in [0.15, 0.2) is 5.78 Å². The standard InChI is InChI=1S/C25H32FN5O4.ClH/c1-4-15-23-18(10-25(2,3)11-19(23)32)31(30-15)13-8-14(26)22(24(28)34)17(9-13)29-16-6-5-7-20(16)35-21(33)12-27;/h8-9,16,20,29H,4-7,10-12,27H2,1-3H3,(H2,28,34);1H/t16-,20-;/m0./s1. The van der Waals surface area contributed by atoms with E-state index in [9.17, 15) is 14.4 Å². The van der Waals surface area contributed by atoms with Gasteiger partial charge < -0.3 is 21.5 Å². The highest BCUT2D eigenvalue weighted by molar-refractivity contribution is 6.00. The molecule has 196 valence electrons. The molecule has 1 aromatic carbocycles. The molecule has 11 heteroatoms. The molecule has 1 saturated carbocycles. The zero-order valence-corrected chi connectivity index (χ0v) is 21.5. The number of rotatable bonds is 7. The Morgan fingerprint density at radius 2 is 2.00 bits per heavy atom. The van der Waals surface area contributed by atoms with E-state index in [0.29, 0.717) is 49.0 Å². The van der Waals surface area contributed by atoms with Crippen LogP contribution in [-0.4, -0.2) is 46.1 Å². The quantitative estimate of drug-likeness (QED) is 0.475. The molecule has 2 aromatic rings. The highest BCUT2D eigenvalue weighted by Crippen LogP contribution is 2.38. The third kappa shape index (κ3) is 5.24. The number of anilines is 1. The van der Waals surface area contributed by atoms with E-state index >= 15 is 4.39 Å². The van der Waals surface area contributed by atoms with Crippen LogP contribution in [0.15, 0.2) is 12.1 Å². The van der Waals surface area contributed by atoms with E-state index in [1.807, 2.05) is 20.8 Å². The number of halogens is 2. The van der Waals surface area contributed by atoms with Crippen LogP contribution in [0.25, 0.3) is 5.69 Å². The zero-order chi connectivity index (χ0) is 25.5. The van der Waals surface area contributed by atoms with Gasteiger partial charge in [0.05, 0.1) is 46.5 Å². The fourth-order valence-corrected chi connectivity index (χ4v) is 5.22. The van der Waals surface area contributed by atoms with Crippen LogP contribution in [0, 0.1) is 11.2 Å². The molecule has 1 heterocycles. The topological polar surface area (TPSA) is 142 Å². The van der Waals surface area contributed by atoms with Crippen molar-refractivity contribution in [2.45, 2.75) is 71.4 Å². The summed E-state index contributed by atoms with van der Waals surface area (Å²) >= 11 is 0. The van der Waals surface area contributed by atoms with Crippen molar-refractivity contribution in [2.75, 3.05) is 11.9 Å². The molecule has 1 aromatic heterocycles. The lowest BCUT2D eigenvalue weighted by molar-refractivity contribution is -0.147. The van der Waals surface area contributed by atoms with E-state index in [1.165, 1.54) is 6.07 Å². The maximum absolute atomic E-state index is 15.3. The number of esters is 1. The van der Waals surface area contributed by atoms with E-state index in [-0.39, 0.29) is 47.4 Å². The van der Waals surface area contributed by atoms with E-state index in [0.717, 1.165) is 12.1 Å². The van der Waals surface area contributed by atoms with Gasteiger partial charge in [0.25, 0.3) is 5.91 Å². The SMILES string of the molecule is CCc1nn(-c2cc(F)c(C(N)=O)c(N[C@H]3CCC[C@@H]3OC(=O)CN)c2)c2c1C(=O)CC(C)(C)C2.Cl. The highest BCUT2D eigenvalue weighted by atomic mass is 35.5. The number of nitrogens with one attached hydrogen (secondary N) is 1. The molecule has 0 spiro atoms. The summed E-state index contributed by atoms with van der Waals surface area (Å²) in [6.45, 7) is 5.72. The molecule has 4 rings (SSSR count). The lowest BCUT2D eigenvalue weighted by Crippen LogP contribution is -2.35. The van der Waals surface area contributed by atoms with E-state index in [1.54, 1.807) is 10.7 Å². The number of benzene rings is 1. The van der Waals surface area contributed by atoms with Crippen molar-refractivity contribution >= 4 is 35.8 Å². The number of carbonyl (C=O) groups excluding carboxylic acids is 3.